The molecule has 0 saturated carbocycles. The maximum absolute atomic E-state index is 12.2. The fourth-order valence-corrected chi connectivity index (χ4v) is 2.95. The lowest BCUT2D eigenvalue weighted by Crippen LogP contribution is -2.42. The van der Waals surface area contributed by atoms with Gasteiger partial charge in [0, 0.05) is 14.2 Å². The van der Waals surface area contributed by atoms with Crippen molar-refractivity contribution in [2.45, 2.75) is 5.91 Å². The van der Waals surface area contributed by atoms with Gasteiger partial charge in [-0.3, -0.25) is 10.1 Å². The molecule has 1 aliphatic heterocycles. The Morgan fingerprint density at radius 1 is 0.950 bits per heavy atom. The molecule has 20 heavy (non-hydrogen) atoms. The molecule has 0 aliphatic carbocycles. The Labute approximate surface area is 125 Å². The molecule has 0 saturated heterocycles. The van der Waals surface area contributed by atoms with Crippen LogP contribution in [0.4, 0.5) is 0 Å². The summed E-state index contributed by atoms with van der Waals surface area (Å²) in [7, 11) is 5.56. The van der Waals surface area contributed by atoms with Crippen LogP contribution in [-0.2, 0) is 15.4 Å². The highest BCUT2D eigenvalue weighted by Gasteiger charge is 2.50. The van der Waals surface area contributed by atoms with Gasteiger partial charge in [0.2, 0.25) is 0 Å². The van der Waals surface area contributed by atoms with Crippen LogP contribution in [0, 0.1) is 0 Å². The minimum atomic E-state index is -1.50. The number of hydrogen-bond acceptors (Lipinski definition) is 5. The number of ether oxygens (including phenoxy) is 4. The van der Waals surface area contributed by atoms with Crippen LogP contribution in [0.1, 0.15) is 15.9 Å². The van der Waals surface area contributed by atoms with Gasteiger partial charge in [0.15, 0.2) is 11.5 Å². The molecule has 1 aliphatic rings. The lowest BCUT2D eigenvalue weighted by atomic mass is 10.1. The molecule has 0 atom stereocenters. The topological polar surface area (TPSA) is 66.0 Å². The Morgan fingerprint density at radius 2 is 1.50 bits per heavy atom. The third kappa shape index (κ3) is 1.83. The Kier molecular flexibility index (Phi) is 4.02. The van der Waals surface area contributed by atoms with E-state index in [1.165, 1.54) is 28.4 Å². The molecule has 0 bridgehead atoms. The first kappa shape index (κ1) is 15.2. The van der Waals surface area contributed by atoms with Gasteiger partial charge in [0.25, 0.3) is 11.8 Å². The van der Waals surface area contributed by atoms with E-state index >= 15 is 0 Å². The lowest BCUT2D eigenvalue weighted by Gasteiger charge is -2.28. The van der Waals surface area contributed by atoms with Crippen molar-refractivity contribution in [3.05, 3.63) is 21.2 Å². The van der Waals surface area contributed by atoms with E-state index in [-0.39, 0.29) is 32.7 Å². The largest absolute Gasteiger partial charge is 0.494 e. The number of fused-ring (bicyclic) bond motifs is 1. The summed E-state index contributed by atoms with van der Waals surface area (Å²) in [5, 5.41) is 2.77. The first-order valence-electron chi connectivity index (χ1n) is 5.53. The van der Waals surface area contributed by atoms with Crippen molar-refractivity contribution >= 4 is 29.1 Å². The molecular weight excluding hydrogens is 309 g/mol. The van der Waals surface area contributed by atoms with Crippen molar-refractivity contribution in [1.29, 1.82) is 0 Å². The molecule has 0 unspecified atom stereocenters. The fourth-order valence-electron chi connectivity index (χ4n) is 2.21. The quantitative estimate of drug-likeness (QED) is 0.861. The first-order chi connectivity index (χ1) is 9.47. The van der Waals surface area contributed by atoms with Crippen molar-refractivity contribution in [3.8, 4) is 11.5 Å². The van der Waals surface area contributed by atoms with Gasteiger partial charge in [0.1, 0.15) is 5.02 Å². The van der Waals surface area contributed by atoms with Gasteiger partial charge in [-0.1, -0.05) is 23.2 Å². The van der Waals surface area contributed by atoms with Crippen LogP contribution in [0.25, 0.3) is 0 Å². The molecule has 1 amide bonds. The third-order valence-corrected chi connectivity index (χ3v) is 3.82. The van der Waals surface area contributed by atoms with E-state index in [0.717, 1.165) is 0 Å². The second-order valence-electron chi connectivity index (χ2n) is 3.92. The Balaban J connectivity index is 2.89. The summed E-state index contributed by atoms with van der Waals surface area (Å²) < 4.78 is 20.9. The van der Waals surface area contributed by atoms with Gasteiger partial charge in [-0.15, -0.1) is 0 Å². The molecule has 0 spiro atoms. The summed E-state index contributed by atoms with van der Waals surface area (Å²) in [5.41, 5.74) is 0.430. The maximum atomic E-state index is 12.2. The summed E-state index contributed by atoms with van der Waals surface area (Å²) >= 11 is 12.4. The number of methoxy groups -OCH3 is 4. The van der Waals surface area contributed by atoms with Crippen LogP contribution in [0.2, 0.25) is 10.0 Å². The van der Waals surface area contributed by atoms with Gasteiger partial charge in [-0.25, -0.2) is 0 Å². The molecule has 1 heterocycles. The van der Waals surface area contributed by atoms with Crippen LogP contribution in [0.5, 0.6) is 11.5 Å². The smallest absolute Gasteiger partial charge is 0.284 e. The molecule has 1 N–H and O–H groups in total. The Hall–Kier alpha value is -1.21. The first-order valence-corrected chi connectivity index (χ1v) is 6.29. The Bertz CT molecular complexity index is 572. The second kappa shape index (κ2) is 5.29. The monoisotopic (exact) mass is 321 g/mol. The highest BCUT2D eigenvalue weighted by atomic mass is 35.5. The van der Waals surface area contributed by atoms with Crippen LogP contribution in [0.15, 0.2) is 0 Å². The number of benzene rings is 1. The highest BCUT2D eigenvalue weighted by Crippen LogP contribution is 2.51. The standard InChI is InChI=1S/C12H13Cl2NO5/c1-17-9-6-5(7(13)10(18-2)8(9)14)11(16)15-12(6,19-3)20-4/h1-4H3,(H,15,16). The average Bonchev–Trinajstić information content (AvgIpc) is 2.74. The van der Waals surface area contributed by atoms with Gasteiger partial charge in [-0.05, 0) is 0 Å². The van der Waals surface area contributed by atoms with E-state index in [1.807, 2.05) is 0 Å². The van der Waals surface area contributed by atoms with Gasteiger partial charge in [0.05, 0.1) is 30.4 Å². The van der Waals surface area contributed by atoms with Gasteiger partial charge >= 0.3 is 0 Å². The van der Waals surface area contributed by atoms with Crippen molar-refractivity contribution in [2.75, 3.05) is 28.4 Å². The zero-order valence-electron chi connectivity index (χ0n) is 11.3. The number of amides is 1. The predicted octanol–water partition coefficient (Wildman–Crippen LogP) is 2.16. The molecule has 8 heteroatoms. The minimum absolute atomic E-state index is 0.0711. The molecule has 110 valence electrons. The zero-order chi connectivity index (χ0) is 15.1. The summed E-state index contributed by atoms with van der Waals surface area (Å²) in [6.45, 7) is 0. The van der Waals surface area contributed by atoms with Crippen molar-refractivity contribution in [2.24, 2.45) is 0 Å². The number of carbonyl (C=O) groups excluding carboxylic acids is 1. The Morgan fingerprint density at radius 3 is 1.95 bits per heavy atom. The molecule has 1 aromatic rings. The SMILES string of the molecule is COc1c(Cl)c(OC)c2c(c1Cl)C(=O)NC2(OC)OC. The summed E-state index contributed by atoms with van der Waals surface area (Å²) in [4.78, 5) is 12.2. The third-order valence-electron chi connectivity index (χ3n) is 3.11. The molecular formula is C12H13Cl2NO5. The van der Waals surface area contributed by atoms with Crippen molar-refractivity contribution in [1.82, 2.24) is 5.32 Å². The van der Waals surface area contributed by atoms with E-state index in [1.54, 1.807) is 0 Å². The lowest BCUT2D eigenvalue weighted by molar-refractivity contribution is -0.225. The summed E-state index contributed by atoms with van der Waals surface area (Å²) in [5.74, 6) is -1.62. The highest BCUT2D eigenvalue weighted by molar-refractivity contribution is 6.40. The van der Waals surface area contributed by atoms with Crippen LogP contribution in [-0.4, -0.2) is 34.3 Å². The fraction of sp³-hybridized carbons (Fsp3) is 0.417. The van der Waals surface area contributed by atoms with Crippen LogP contribution in [0.3, 0.4) is 0 Å². The van der Waals surface area contributed by atoms with Crippen LogP contribution < -0.4 is 14.8 Å². The molecule has 0 radical (unpaired) electrons. The van der Waals surface area contributed by atoms with E-state index in [4.69, 9.17) is 42.1 Å². The molecule has 6 nitrogen and oxygen atoms in total. The van der Waals surface area contributed by atoms with Crippen molar-refractivity contribution in [3.63, 3.8) is 0 Å². The number of carbonyl (C=O) groups is 1. The van der Waals surface area contributed by atoms with Crippen molar-refractivity contribution < 1.29 is 23.7 Å². The van der Waals surface area contributed by atoms with Gasteiger partial charge < -0.3 is 18.9 Å². The predicted molar refractivity (Wildman–Crippen MR) is 72.7 cm³/mol. The van der Waals surface area contributed by atoms with E-state index < -0.39 is 11.8 Å². The zero-order valence-corrected chi connectivity index (χ0v) is 12.8. The number of halogens is 2. The number of hydrogen-bond donors (Lipinski definition) is 1. The van der Waals surface area contributed by atoms with E-state index in [2.05, 4.69) is 5.32 Å². The number of rotatable bonds is 4. The normalized spacial score (nSPS) is 15.8. The summed E-state index contributed by atoms with van der Waals surface area (Å²) in [6.07, 6.45) is 0. The average molecular weight is 322 g/mol. The molecule has 0 aromatic heterocycles. The minimum Gasteiger partial charge on any atom is -0.494 e. The van der Waals surface area contributed by atoms with Crippen LogP contribution >= 0.6 is 23.2 Å². The summed E-state index contributed by atoms with van der Waals surface area (Å²) in [6, 6.07) is 0. The second-order valence-corrected chi connectivity index (χ2v) is 4.68. The maximum Gasteiger partial charge on any atom is 0.284 e. The van der Waals surface area contributed by atoms with E-state index in [9.17, 15) is 4.79 Å². The molecule has 0 fully saturated rings. The number of nitrogens with one attached hydrogen (secondary N) is 1. The molecule has 1 aromatic carbocycles. The van der Waals surface area contributed by atoms with Gasteiger partial charge in [-0.2, -0.15) is 0 Å². The van der Waals surface area contributed by atoms with E-state index in [0.29, 0.717) is 0 Å². The molecule has 2 rings (SSSR count).